The third-order valence-corrected chi connectivity index (χ3v) is 4.77. The van der Waals surface area contributed by atoms with E-state index in [1.807, 2.05) is 0 Å². The van der Waals surface area contributed by atoms with Crippen molar-refractivity contribution in [2.75, 3.05) is 0 Å². The molecule has 4 rings (SSSR count). The first-order chi connectivity index (χ1) is 15.6. The van der Waals surface area contributed by atoms with Crippen molar-refractivity contribution >= 4 is 16.8 Å². The molecule has 10 heteroatoms. The highest BCUT2D eigenvalue weighted by Gasteiger charge is 2.31. The maximum Gasteiger partial charge on any atom is 0.573 e. The second-order valence-corrected chi connectivity index (χ2v) is 7.01. The quantitative estimate of drug-likeness (QED) is 0.351. The van der Waals surface area contributed by atoms with Gasteiger partial charge in [0.2, 0.25) is 0 Å². The Balaban J connectivity index is 1.89. The molecule has 0 aliphatic heterocycles. The summed E-state index contributed by atoms with van der Waals surface area (Å²) in [5.74, 6) is -2.45. The molecule has 2 heterocycles. The monoisotopic (exact) mass is 458 g/mol. The van der Waals surface area contributed by atoms with Crippen LogP contribution < -0.4 is 10.3 Å². The Bertz CT molecular complexity index is 1410. The minimum absolute atomic E-state index is 0.0432. The molecule has 0 amide bonds. The molecule has 0 fully saturated rings. The summed E-state index contributed by atoms with van der Waals surface area (Å²) < 4.78 is 56.0. The molecule has 0 spiro atoms. The van der Waals surface area contributed by atoms with Crippen LogP contribution in [-0.4, -0.2) is 26.8 Å². The molecule has 0 aliphatic rings. The van der Waals surface area contributed by atoms with Crippen LogP contribution in [0.15, 0.2) is 71.7 Å². The van der Waals surface area contributed by atoms with E-state index in [0.717, 1.165) is 28.8 Å². The third-order valence-electron chi connectivity index (χ3n) is 4.77. The van der Waals surface area contributed by atoms with Gasteiger partial charge in [0.05, 0.1) is 11.1 Å². The van der Waals surface area contributed by atoms with Gasteiger partial charge in [-0.25, -0.2) is 9.37 Å². The number of halogens is 4. The summed E-state index contributed by atoms with van der Waals surface area (Å²) in [4.78, 5) is 30.3. The van der Waals surface area contributed by atoms with Crippen LogP contribution in [-0.2, 0) is 6.42 Å². The molecule has 0 radical (unpaired) electrons. The Kier molecular flexibility index (Phi) is 5.59. The van der Waals surface area contributed by atoms with E-state index in [9.17, 15) is 32.3 Å². The summed E-state index contributed by atoms with van der Waals surface area (Å²) in [6.45, 7) is 0. The number of aromatic hydroxyl groups is 1. The van der Waals surface area contributed by atoms with Crippen molar-refractivity contribution in [3.8, 4) is 17.2 Å². The SMILES string of the molecule is O=C(Cc1ccc(F)cc1)c1c(O)c2cccnc2n(-c2cccc(OC(F)(F)F)c2)c1=O. The summed E-state index contributed by atoms with van der Waals surface area (Å²) in [5, 5.41) is 10.7. The maximum atomic E-state index is 13.3. The molecule has 33 heavy (non-hydrogen) atoms. The van der Waals surface area contributed by atoms with Crippen LogP contribution >= 0.6 is 0 Å². The molecule has 168 valence electrons. The first-order valence-corrected chi connectivity index (χ1v) is 9.50. The molecule has 0 unspecified atom stereocenters. The molecule has 4 aromatic rings. The number of hydrogen-bond acceptors (Lipinski definition) is 5. The fourth-order valence-electron chi connectivity index (χ4n) is 3.39. The second kappa shape index (κ2) is 8.38. The molecule has 0 saturated carbocycles. The van der Waals surface area contributed by atoms with Crippen LogP contribution in [0.1, 0.15) is 15.9 Å². The maximum absolute atomic E-state index is 13.3. The number of ether oxygens (including phenoxy) is 1. The standard InChI is InChI=1S/C23H14F4N2O4/c24-14-8-6-13(7-9-14)11-18(30)19-20(31)17-5-2-10-28-21(17)29(22(19)32)15-3-1-4-16(12-15)33-23(25,26)27/h1-10,12,31H,11H2. The van der Waals surface area contributed by atoms with Crippen molar-refractivity contribution in [2.45, 2.75) is 12.8 Å². The van der Waals surface area contributed by atoms with Gasteiger partial charge < -0.3 is 9.84 Å². The van der Waals surface area contributed by atoms with Gasteiger partial charge in [0, 0.05) is 18.7 Å². The minimum atomic E-state index is -4.95. The van der Waals surface area contributed by atoms with Gasteiger partial charge in [-0.05, 0) is 42.0 Å². The summed E-state index contributed by atoms with van der Waals surface area (Å²) in [7, 11) is 0. The zero-order chi connectivity index (χ0) is 23.8. The van der Waals surface area contributed by atoms with Crippen LogP contribution in [0, 0.1) is 5.82 Å². The topological polar surface area (TPSA) is 81.4 Å². The molecule has 2 aromatic carbocycles. The number of fused-ring (bicyclic) bond motifs is 1. The average Bonchev–Trinajstić information content (AvgIpc) is 2.75. The molecule has 6 nitrogen and oxygen atoms in total. The highest BCUT2D eigenvalue weighted by molar-refractivity contribution is 6.04. The number of carbonyl (C=O) groups excluding carboxylic acids is 1. The van der Waals surface area contributed by atoms with Crippen molar-refractivity contribution in [3.63, 3.8) is 0 Å². The molecule has 1 N–H and O–H groups in total. The number of aromatic nitrogens is 2. The van der Waals surface area contributed by atoms with Crippen molar-refractivity contribution in [3.05, 3.63) is 94.2 Å². The van der Waals surface area contributed by atoms with Crippen LogP contribution in [0.3, 0.4) is 0 Å². The Morgan fingerprint density at radius 3 is 2.48 bits per heavy atom. The number of nitrogens with zero attached hydrogens (tertiary/aromatic N) is 2. The lowest BCUT2D eigenvalue weighted by molar-refractivity contribution is -0.274. The van der Waals surface area contributed by atoms with Crippen molar-refractivity contribution in [2.24, 2.45) is 0 Å². The van der Waals surface area contributed by atoms with Crippen LogP contribution in [0.5, 0.6) is 11.5 Å². The predicted octanol–water partition coefficient (Wildman–Crippen LogP) is 4.55. The molecule has 2 aromatic heterocycles. The Hall–Kier alpha value is -4.21. The van der Waals surface area contributed by atoms with Gasteiger partial charge in [-0.2, -0.15) is 0 Å². The summed E-state index contributed by atoms with van der Waals surface area (Å²) in [6, 6.07) is 12.5. The number of hydrogen-bond donors (Lipinski definition) is 1. The number of rotatable bonds is 5. The molecular weight excluding hydrogens is 444 g/mol. The molecule has 0 saturated heterocycles. The van der Waals surface area contributed by atoms with E-state index < -0.39 is 40.6 Å². The fourth-order valence-corrected chi connectivity index (χ4v) is 3.39. The number of Topliss-reactive ketones (excluding diaryl/α,β-unsaturated/α-hetero) is 1. The molecular formula is C23H14F4N2O4. The Morgan fingerprint density at radius 1 is 1.06 bits per heavy atom. The zero-order valence-electron chi connectivity index (χ0n) is 16.6. The van der Waals surface area contributed by atoms with Gasteiger partial charge in [0.15, 0.2) is 11.4 Å². The summed E-state index contributed by atoms with van der Waals surface area (Å²) >= 11 is 0. The number of ketones is 1. The van der Waals surface area contributed by atoms with E-state index in [0.29, 0.717) is 5.56 Å². The first kappa shape index (κ1) is 22.0. The van der Waals surface area contributed by atoms with Gasteiger partial charge in [-0.3, -0.25) is 14.2 Å². The van der Waals surface area contributed by atoms with E-state index in [2.05, 4.69) is 9.72 Å². The average molecular weight is 458 g/mol. The van der Waals surface area contributed by atoms with E-state index in [1.165, 1.54) is 42.6 Å². The zero-order valence-corrected chi connectivity index (χ0v) is 16.6. The smallest absolute Gasteiger partial charge is 0.506 e. The first-order valence-electron chi connectivity index (χ1n) is 9.50. The van der Waals surface area contributed by atoms with E-state index >= 15 is 0 Å². The highest BCUT2D eigenvalue weighted by Crippen LogP contribution is 2.29. The number of benzene rings is 2. The predicted molar refractivity (Wildman–Crippen MR) is 110 cm³/mol. The minimum Gasteiger partial charge on any atom is -0.506 e. The molecule has 0 atom stereocenters. The van der Waals surface area contributed by atoms with Crippen molar-refractivity contribution < 1.29 is 32.2 Å². The van der Waals surface area contributed by atoms with Gasteiger partial charge in [-0.1, -0.05) is 18.2 Å². The van der Waals surface area contributed by atoms with Crippen LogP contribution in [0.2, 0.25) is 0 Å². The highest BCUT2D eigenvalue weighted by atomic mass is 19.4. The van der Waals surface area contributed by atoms with E-state index in [4.69, 9.17) is 0 Å². The van der Waals surface area contributed by atoms with Crippen LogP contribution in [0.4, 0.5) is 17.6 Å². The van der Waals surface area contributed by atoms with Gasteiger partial charge in [-0.15, -0.1) is 13.2 Å². The van der Waals surface area contributed by atoms with E-state index in [1.54, 1.807) is 0 Å². The fraction of sp³-hybridized carbons (Fsp3) is 0.0870. The largest absolute Gasteiger partial charge is 0.573 e. The van der Waals surface area contributed by atoms with Gasteiger partial charge in [0.1, 0.15) is 22.9 Å². The third kappa shape index (κ3) is 4.54. The van der Waals surface area contributed by atoms with Crippen molar-refractivity contribution in [1.29, 1.82) is 0 Å². The second-order valence-electron chi connectivity index (χ2n) is 7.01. The van der Waals surface area contributed by atoms with E-state index in [-0.39, 0.29) is 23.1 Å². The lowest BCUT2D eigenvalue weighted by Crippen LogP contribution is -2.27. The lowest BCUT2D eigenvalue weighted by Gasteiger charge is -2.15. The number of alkyl halides is 3. The number of carbonyl (C=O) groups is 1. The molecule has 0 aliphatic carbocycles. The van der Waals surface area contributed by atoms with Crippen LogP contribution in [0.25, 0.3) is 16.7 Å². The Morgan fingerprint density at radius 2 is 1.79 bits per heavy atom. The van der Waals surface area contributed by atoms with Gasteiger partial charge >= 0.3 is 6.36 Å². The summed E-state index contributed by atoms with van der Waals surface area (Å²) in [5.41, 5.74) is -1.26. The number of pyridine rings is 2. The van der Waals surface area contributed by atoms with Crippen molar-refractivity contribution in [1.82, 2.24) is 9.55 Å². The summed E-state index contributed by atoms with van der Waals surface area (Å²) in [6.07, 6.45) is -3.94. The lowest BCUT2D eigenvalue weighted by atomic mass is 10.0. The molecule has 0 bridgehead atoms. The Labute approximate surface area is 183 Å². The van der Waals surface area contributed by atoms with Gasteiger partial charge in [0.25, 0.3) is 5.56 Å². The normalized spacial score (nSPS) is 11.5.